The number of aromatic amines is 1. The number of nitrogens with one attached hydrogen (secondary N) is 1. The number of aromatic nitrogens is 2. The molecule has 0 unspecified atom stereocenters. The molecular weight excluding hydrogens is 268 g/mol. The molecule has 0 aliphatic carbocycles. The Morgan fingerprint density at radius 1 is 0.773 bits per heavy atom. The van der Waals surface area contributed by atoms with Crippen LogP contribution in [0.4, 0.5) is 0 Å². The van der Waals surface area contributed by atoms with Crippen LogP contribution in [0.15, 0.2) is 66.9 Å². The van der Waals surface area contributed by atoms with Crippen LogP contribution in [0.25, 0.3) is 49.0 Å². The fourth-order valence-corrected chi connectivity index (χ4v) is 3.97. The molecule has 0 aliphatic heterocycles. The quantitative estimate of drug-likeness (QED) is 0.389. The van der Waals surface area contributed by atoms with Crippen LogP contribution in [0.5, 0.6) is 0 Å². The SMILES string of the molecule is c1ccc2c(c1)[nH]c1c2cc2ccn3c4ccccc4c1c23. The summed E-state index contributed by atoms with van der Waals surface area (Å²) in [6.07, 6.45) is 2.18. The highest BCUT2D eigenvalue weighted by Crippen LogP contribution is 2.40. The summed E-state index contributed by atoms with van der Waals surface area (Å²) < 4.78 is 2.31. The first-order valence-corrected chi connectivity index (χ1v) is 7.56. The van der Waals surface area contributed by atoms with E-state index in [-0.39, 0.29) is 0 Å². The number of H-pyrrole nitrogens is 1. The van der Waals surface area contributed by atoms with E-state index in [1.165, 1.54) is 49.0 Å². The van der Waals surface area contributed by atoms with Crippen molar-refractivity contribution in [2.24, 2.45) is 0 Å². The molecule has 3 aromatic heterocycles. The number of para-hydroxylation sites is 2. The van der Waals surface area contributed by atoms with Gasteiger partial charge in [-0.25, -0.2) is 0 Å². The van der Waals surface area contributed by atoms with Gasteiger partial charge < -0.3 is 9.38 Å². The van der Waals surface area contributed by atoms with Gasteiger partial charge in [0.1, 0.15) is 0 Å². The van der Waals surface area contributed by atoms with Crippen LogP contribution in [0.1, 0.15) is 0 Å². The van der Waals surface area contributed by atoms with E-state index in [4.69, 9.17) is 0 Å². The lowest BCUT2D eigenvalue weighted by Crippen LogP contribution is -1.75. The van der Waals surface area contributed by atoms with E-state index in [0.717, 1.165) is 0 Å². The standard InChI is InChI=1S/C20H12N2/c1-3-7-16-13(5-1)15-11-12-9-10-22-17-8-4-2-6-14(17)18(20(12)22)19(15)21-16/h1-11,21H. The van der Waals surface area contributed by atoms with E-state index in [2.05, 4.69) is 76.2 Å². The van der Waals surface area contributed by atoms with Crippen molar-refractivity contribution in [3.8, 4) is 0 Å². The van der Waals surface area contributed by atoms with E-state index >= 15 is 0 Å². The van der Waals surface area contributed by atoms with Gasteiger partial charge in [0, 0.05) is 38.6 Å². The maximum absolute atomic E-state index is 3.64. The largest absolute Gasteiger partial charge is 0.354 e. The molecule has 3 heterocycles. The van der Waals surface area contributed by atoms with Gasteiger partial charge in [0.2, 0.25) is 0 Å². The molecule has 0 saturated heterocycles. The molecule has 6 aromatic rings. The minimum Gasteiger partial charge on any atom is -0.354 e. The van der Waals surface area contributed by atoms with Gasteiger partial charge in [-0.3, -0.25) is 0 Å². The molecule has 6 rings (SSSR count). The lowest BCUT2D eigenvalue weighted by molar-refractivity contribution is 1.30. The van der Waals surface area contributed by atoms with E-state index in [1.807, 2.05) is 0 Å². The van der Waals surface area contributed by atoms with Gasteiger partial charge in [-0.05, 0) is 24.3 Å². The minimum absolute atomic E-state index is 1.21. The second-order valence-electron chi connectivity index (χ2n) is 5.99. The lowest BCUT2D eigenvalue weighted by Gasteiger charge is -1.97. The van der Waals surface area contributed by atoms with Crippen molar-refractivity contribution in [2.75, 3.05) is 0 Å². The summed E-state index contributed by atoms with van der Waals surface area (Å²) >= 11 is 0. The lowest BCUT2D eigenvalue weighted by atomic mass is 10.1. The molecule has 0 spiro atoms. The second kappa shape index (κ2) is 3.42. The molecule has 2 heteroatoms. The van der Waals surface area contributed by atoms with E-state index in [9.17, 15) is 0 Å². The Hall–Kier alpha value is -3.00. The van der Waals surface area contributed by atoms with Crippen LogP contribution in [0.2, 0.25) is 0 Å². The Labute approximate surface area is 125 Å². The fourth-order valence-electron chi connectivity index (χ4n) is 3.97. The number of hydrogen-bond donors (Lipinski definition) is 1. The van der Waals surface area contributed by atoms with Crippen molar-refractivity contribution in [2.45, 2.75) is 0 Å². The monoisotopic (exact) mass is 280 g/mol. The number of hydrogen-bond acceptors (Lipinski definition) is 0. The first-order chi connectivity index (χ1) is 10.9. The molecule has 102 valence electrons. The van der Waals surface area contributed by atoms with Crippen LogP contribution in [-0.4, -0.2) is 9.38 Å². The summed E-state index contributed by atoms with van der Waals surface area (Å²) in [5.74, 6) is 0. The average Bonchev–Trinajstić information content (AvgIpc) is 3.22. The molecule has 0 bridgehead atoms. The average molecular weight is 280 g/mol. The van der Waals surface area contributed by atoms with Crippen LogP contribution >= 0.6 is 0 Å². The van der Waals surface area contributed by atoms with Gasteiger partial charge in [0.25, 0.3) is 0 Å². The number of rotatable bonds is 0. The Morgan fingerprint density at radius 3 is 2.55 bits per heavy atom. The van der Waals surface area contributed by atoms with Crippen molar-refractivity contribution in [3.05, 3.63) is 66.9 Å². The zero-order valence-electron chi connectivity index (χ0n) is 11.8. The van der Waals surface area contributed by atoms with Crippen LogP contribution in [-0.2, 0) is 0 Å². The molecule has 22 heavy (non-hydrogen) atoms. The van der Waals surface area contributed by atoms with Gasteiger partial charge in [-0.15, -0.1) is 0 Å². The highest BCUT2D eigenvalue weighted by Gasteiger charge is 2.17. The highest BCUT2D eigenvalue weighted by atomic mass is 14.9. The van der Waals surface area contributed by atoms with Crippen LogP contribution < -0.4 is 0 Å². The Bertz CT molecular complexity index is 1320. The highest BCUT2D eigenvalue weighted by molar-refractivity contribution is 6.29. The fraction of sp³-hybridized carbons (Fsp3) is 0. The maximum atomic E-state index is 3.64. The van der Waals surface area contributed by atoms with Crippen molar-refractivity contribution >= 4 is 49.0 Å². The minimum atomic E-state index is 1.21. The van der Waals surface area contributed by atoms with Gasteiger partial charge in [0.15, 0.2) is 0 Å². The third-order valence-corrected chi connectivity index (χ3v) is 4.88. The van der Waals surface area contributed by atoms with Gasteiger partial charge in [-0.2, -0.15) is 0 Å². The zero-order chi connectivity index (χ0) is 14.3. The van der Waals surface area contributed by atoms with E-state index in [0.29, 0.717) is 0 Å². The third kappa shape index (κ3) is 1.06. The topological polar surface area (TPSA) is 20.2 Å². The molecule has 2 nitrogen and oxygen atoms in total. The molecule has 0 saturated carbocycles. The first kappa shape index (κ1) is 10.7. The van der Waals surface area contributed by atoms with E-state index < -0.39 is 0 Å². The Kier molecular flexibility index (Phi) is 1.66. The van der Waals surface area contributed by atoms with Gasteiger partial charge in [0.05, 0.1) is 16.6 Å². The number of nitrogens with zero attached hydrogens (tertiary/aromatic N) is 1. The number of fused-ring (bicyclic) bond motifs is 7. The van der Waals surface area contributed by atoms with Crippen molar-refractivity contribution in [1.82, 2.24) is 9.38 Å². The molecule has 0 fully saturated rings. The molecular formula is C20H12N2. The summed E-state index contributed by atoms with van der Waals surface area (Å²) in [6, 6.07) is 21.7. The molecule has 0 radical (unpaired) electrons. The van der Waals surface area contributed by atoms with Crippen LogP contribution in [0, 0.1) is 0 Å². The second-order valence-corrected chi connectivity index (χ2v) is 5.99. The van der Waals surface area contributed by atoms with E-state index in [1.54, 1.807) is 0 Å². The summed E-state index contributed by atoms with van der Waals surface area (Å²) in [4.78, 5) is 3.64. The summed E-state index contributed by atoms with van der Waals surface area (Å²) in [5, 5.41) is 6.58. The summed E-state index contributed by atoms with van der Waals surface area (Å²) in [7, 11) is 0. The normalized spacial score (nSPS) is 12.5. The molecule has 0 amide bonds. The van der Waals surface area contributed by atoms with Gasteiger partial charge in [-0.1, -0.05) is 36.4 Å². The molecule has 0 aliphatic rings. The van der Waals surface area contributed by atoms with Crippen molar-refractivity contribution < 1.29 is 0 Å². The zero-order valence-corrected chi connectivity index (χ0v) is 11.8. The Balaban J connectivity index is 2.07. The van der Waals surface area contributed by atoms with Crippen molar-refractivity contribution in [3.63, 3.8) is 0 Å². The molecule has 0 atom stereocenters. The number of benzene rings is 3. The Morgan fingerprint density at radius 2 is 1.59 bits per heavy atom. The van der Waals surface area contributed by atoms with Gasteiger partial charge >= 0.3 is 0 Å². The predicted molar refractivity (Wildman–Crippen MR) is 93.0 cm³/mol. The predicted octanol–water partition coefficient (Wildman–Crippen LogP) is 5.32. The third-order valence-electron chi connectivity index (χ3n) is 4.88. The molecule has 3 aromatic carbocycles. The maximum Gasteiger partial charge on any atom is 0.0629 e. The first-order valence-electron chi connectivity index (χ1n) is 7.56. The summed E-state index contributed by atoms with van der Waals surface area (Å²) in [5.41, 5.74) is 5.05. The summed E-state index contributed by atoms with van der Waals surface area (Å²) in [6.45, 7) is 0. The smallest absolute Gasteiger partial charge is 0.0629 e. The van der Waals surface area contributed by atoms with Crippen LogP contribution in [0.3, 0.4) is 0 Å². The molecule has 1 N–H and O–H groups in total. The van der Waals surface area contributed by atoms with Crippen molar-refractivity contribution in [1.29, 1.82) is 0 Å².